The van der Waals surface area contributed by atoms with Gasteiger partial charge in [0.2, 0.25) is 11.8 Å². The Balaban J connectivity index is 0.000000471. The van der Waals surface area contributed by atoms with E-state index in [4.69, 9.17) is 0 Å². The molecule has 3 rings (SSSR count). The van der Waals surface area contributed by atoms with Crippen LogP contribution in [0.4, 0.5) is 0 Å². The third-order valence-corrected chi connectivity index (χ3v) is 5.08. The zero-order valence-electron chi connectivity index (χ0n) is 14.4. The molecule has 0 aliphatic carbocycles. The van der Waals surface area contributed by atoms with Gasteiger partial charge in [0.25, 0.3) is 5.91 Å². The molecule has 1 aromatic carbocycles. The van der Waals surface area contributed by atoms with Crippen LogP contribution in [0.2, 0.25) is 0 Å². The molecule has 2 aliphatic heterocycles. The van der Waals surface area contributed by atoms with Crippen molar-refractivity contribution in [1.82, 2.24) is 10.2 Å². The lowest BCUT2D eigenvalue weighted by Gasteiger charge is -2.29. The van der Waals surface area contributed by atoms with E-state index < -0.39 is 6.04 Å². The standard InChI is InChI=1S/C14H14N2O3S.C4H10/c1-20-11-4-2-3-8-9(11)7-16(14(8)19)10-5-6-12(17)15-13(10)18;1-3-4-2/h2-4,10H,5-7H2,1H3,(H,15,17,18);3-4H2,1-2H3. The number of imide groups is 1. The van der Waals surface area contributed by atoms with Crippen LogP contribution in [0.3, 0.4) is 0 Å². The van der Waals surface area contributed by atoms with E-state index in [1.165, 1.54) is 12.8 Å². The van der Waals surface area contributed by atoms with Gasteiger partial charge in [-0.15, -0.1) is 11.8 Å². The summed E-state index contributed by atoms with van der Waals surface area (Å²) >= 11 is 1.59. The molecule has 5 nitrogen and oxygen atoms in total. The largest absolute Gasteiger partial charge is 0.322 e. The Morgan fingerprint density at radius 1 is 1.21 bits per heavy atom. The fraction of sp³-hybridized carbons (Fsp3) is 0.500. The minimum atomic E-state index is -0.540. The van der Waals surface area contributed by atoms with Gasteiger partial charge in [0.1, 0.15) is 6.04 Å². The van der Waals surface area contributed by atoms with Gasteiger partial charge in [0, 0.05) is 23.4 Å². The van der Waals surface area contributed by atoms with Crippen molar-refractivity contribution in [1.29, 1.82) is 0 Å². The number of hydrogen-bond donors (Lipinski definition) is 1. The number of fused-ring (bicyclic) bond motifs is 1. The van der Waals surface area contributed by atoms with Gasteiger partial charge >= 0.3 is 0 Å². The second kappa shape index (κ2) is 8.33. The Bertz CT molecular complexity index is 643. The molecule has 130 valence electrons. The Hall–Kier alpha value is -1.82. The van der Waals surface area contributed by atoms with Crippen LogP contribution in [-0.4, -0.2) is 34.9 Å². The van der Waals surface area contributed by atoms with Crippen LogP contribution in [-0.2, 0) is 16.1 Å². The Labute approximate surface area is 147 Å². The fourth-order valence-corrected chi connectivity index (χ4v) is 3.38. The zero-order valence-corrected chi connectivity index (χ0v) is 15.2. The SMILES string of the molecule is CCCC.CSc1cccc2c1CN(C1CCC(=O)NC1=O)C2=O. The van der Waals surface area contributed by atoms with Crippen molar-refractivity contribution in [2.45, 2.75) is 57.0 Å². The topological polar surface area (TPSA) is 66.5 Å². The minimum Gasteiger partial charge on any atom is -0.322 e. The number of thioether (sulfide) groups is 1. The lowest BCUT2D eigenvalue weighted by atomic mass is 10.0. The molecule has 0 spiro atoms. The smallest absolute Gasteiger partial charge is 0.255 e. The molecular formula is C18H24N2O3S. The molecule has 0 saturated carbocycles. The van der Waals surface area contributed by atoms with E-state index in [0.717, 1.165) is 10.5 Å². The molecule has 2 aliphatic rings. The van der Waals surface area contributed by atoms with Crippen LogP contribution in [0, 0.1) is 0 Å². The molecule has 0 radical (unpaired) electrons. The third-order valence-electron chi connectivity index (χ3n) is 4.26. The van der Waals surface area contributed by atoms with E-state index in [-0.39, 0.29) is 24.1 Å². The highest BCUT2D eigenvalue weighted by atomic mass is 32.2. The normalized spacial score (nSPS) is 19.5. The van der Waals surface area contributed by atoms with Crippen LogP contribution in [0.25, 0.3) is 0 Å². The summed E-state index contributed by atoms with van der Waals surface area (Å²) in [5, 5.41) is 2.31. The van der Waals surface area contributed by atoms with Gasteiger partial charge in [-0.25, -0.2) is 0 Å². The van der Waals surface area contributed by atoms with E-state index in [1.54, 1.807) is 22.7 Å². The van der Waals surface area contributed by atoms with Crippen molar-refractivity contribution < 1.29 is 14.4 Å². The molecule has 1 fully saturated rings. The first kappa shape index (κ1) is 18.5. The molecule has 1 N–H and O–H groups in total. The number of carbonyl (C=O) groups excluding carboxylic acids is 3. The summed E-state index contributed by atoms with van der Waals surface area (Å²) in [7, 11) is 0. The molecule has 1 unspecified atom stereocenters. The highest BCUT2D eigenvalue weighted by molar-refractivity contribution is 7.98. The average molecular weight is 348 g/mol. The van der Waals surface area contributed by atoms with Crippen LogP contribution < -0.4 is 5.32 Å². The van der Waals surface area contributed by atoms with E-state index in [0.29, 0.717) is 18.5 Å². The lowest BCUT2D eigenvalue weighted by molar-refractivity contribution is -0.136. The van der Waals surface area contributed by atoms with Gasteiger partial charge in [-0.1, -0.05) is 32.8 Å². The quantitative estimate of drug-likeness (QED) is 0.674. The Morgan fingerprint density at radius 2 is 1.92 bits per heavy atom. The third kappa shape index (κ3) is 3.80. The van der Waals surface area contributed by atoms with Gasteiger partial charge in [0.05, 0.1) is 0 Å². The maximum Gasteiger partial charge on any atom is 0.255 e. The molecule has 0 bridgehead atoms. The molecule has 0 aromatic heterocycles. The van der Waals surface area contributed by atoms with Crippen molar-refractivity contribution in [3.8, 4) is 0 Å². The number of hydrogen-bond acceptors (Lipinski definition) is 4. The van der Waals surface area contributed by atoms with Gasteiger partial charge in [-0.3, -0.25) is 19.7 Å². The predicted molar refractivity (Wildman–Crippen MR) is 94.9 cm³/mol. The first-order valence-electron chi connectivity index (χ1n) is 8.34. The molecule has 1 aromatic rings. The molecule has 1 atom stereocenters. The van der Waals surface area contributed by atoms with E-state index >= 15 is 0 Å². The maximum absolute atomic E-state index is 12.4. The van der Waals surface area contributed by atoms with Crippen molar-refractivity contribution in [3.63, 3.8) is 0 Å². The second-order valence-electron chi connectivity index (χ2n) is 5.89. The van der Waals surface area contributed by atoms with Gasteiger partial charge in [-0.05, 0) is 30.4 Å². The van der Waals surface area contributed by atoms with Gasteiger partial charge in [-0.2, -0.15) is 0 Å². The molecule has 2 heterocycles. The summed E-state index contributed by atoms with van der Waals surface area (Å²) in [6.45, 7) is 4.80. The number of amides is 3. The summed E-state index contributed by atoms with van der Waals surface area (Å²) in [6, 6.07) is 5.09. The number of rotatable bonds is 3. The number of carbonyl (C=O) groups is 3. The summed E-state index contributed by atoms with van der Waals surface area (Å²) in [5.74, 6) is -0.751. The number of nitrogens with zero attached hydrogens (tertiary/aromatic N) is 1. The van der Waals surface area contributed by atoms with Crippen molar-refractivity contribution in [2.24, 2.45) is 0 Å². The van der Waals surface area contributed by atoms with Crippen LogP contribution in [0.1, 0.15) is 55.5 Å². The highest BCUT2D eigenvalue weighted by Crippen LogP contribution is 2.33. The van der Waals surface area contributed by atoms with Crippen molar-refractivity contribution >= 4 is 29.5 Å². The van der Waals surface area contributed by atoms with E-state index in [1.807, 2.05) is 18.4 Å². The van der Waals surface area contributed by atoms with Gasteiger partial charge < -0.3 is 4.90 Å². The molecule has 6 heteroatoms. The maximum atomic E-state index is 12.4. The Kier molecular flexibility index (Phi) is 6.43. The first-order chi connectivity index (χ1) is 11.5. The highest BCUT2D eigenvalue weighted by Gasteiger charge is 2.39. The van der Waals surface area contributed by atoms with Crippen molar-refractivity contribution in [2.75, 3.05) is 6.26 Å². The predicted octanol–water partition coefficient (Wildman–Crippen LogP) is 2.98. The van der Waals surface area contributed by atoms with E-state index in [9.17, 15) is 14.4 Å². The fourth-order valence-electron chi connectivity index (χ4n) is 2.75. The van der Waals surface area contributed by atoms with E-state index in [2.05, 4.69) is 19.2 Å². The van der Waals surface area contributed by atoms with Gasteiger partial charge in [0.15, 0.2) is 0 Å². The number of benzene rings is 1. The molecular weight excluding hydrogens is 324 g/mol. The summed E-state index contributed by atoms with van der Waals surface area (Å²) in [6.07, 6.45) is 5.29. The number of nitrogens with one attached hydrogen (secondary N) is 1. The lowest BCUT2D eigenvalue weighted by Crippen LogP contribution is -2.52. The number of unbranched alkanes of at least 4 members (excludes halogenated alkanes) is 1. The second-order valence-corrected chi connectivity index (χ2v) is 6.73. The van der Waals surface area contributed by atoms with Crippen LogP contribution >= 0.6 is 11.8 Å². The average Bonchev–Trinajstić information content (AvgIpc) is 2.92. The molecule has 1 saturated heterocycles. The minimum absolute atomic E-state index is 0.120. The molecule has 3 amide bonds. The van der Waals surface area contributed by atoms with Crippen molar-refractivity contribution in [3.05, 3.63) is 29.3 Å². The number of piperidine rings is 1. The van der Waals surface area contributed by atoms with Crippen LogP contribution in [0.5, 0.6) is 0 Å². The molecule has 24 heavy (non-hydrogen) atoms. The zero-order chi connectivity index (χ0) is 17.7. The Morgan fingerprint density at radius 3 is 2.50 bits per heavy atom. The first-order valence-corrected chi connectivity index (χ1v) is 9.56. The summed E-state index contributed by atoms with van der Waals surface area (Å²) in [4.78, 5) is 38.2. The summed E-state index contributed by atoms with van der Waals surface area (Å²) in [5.41, 5.74) is 1.65. The monoisotopic (exact) mass is 348 g/mol. The summed E-state index contributed by atoms with van der Waals surface area (Å²) < 4.78 is 0. The van der Waals surface area contributed by atoms with Crippen LogP contribution in [0.15, 0.2) is 23.1 Å².